The molecule has 0 unspecified atom stereocenters. The summed E-state index contributed by atoms with van der Waals surface area (Å²) in [4.78, 5) is 10.8. The third-order valence-corrected chi connectivity index (χ3v) is 6.66. The number of nitrogens with zero attached hydrogens (tertiary/aromatic N) is 3. The van der Waals surface area contributed by atoms with Crippen molar-refractivity contribution in [1.29, 1.82) is 0 Å². The van der Waals surface area contributed by atoms with E-state index >= 15 is 0 Å². The Morgan fingerprint density at radius 1 is 1.20 bits per heavy atom. The summed E-state index contributed by atoms with van der Waals surface area (Å²) in [5.74, 6) is 1.17. The Bertz CT molecular complexity index is 829. The van der Waals surface area contributed by atoms with Gasteiger partial charge in [0.2, 0.25) is 5.88 Å². The van der Waals surface area contributed by atoms with Gasteiger partial charge < -0.3 is 4.74 Å². The first-order valence-electron chi connectivity index (χ1n) is 8.37. The molecule has 6 heterocycles. The van der Waals surface area contributed by atoms with Gasteiger partial charge in [-0.25, -0.2) is 9.97 Å². The highest BCUT2D eigenvalue weighted by Gasteiger charge is 2.52. The monoisotopic (exact) mass is 367 g/mol. The first-order chi connectivity index (χ1) is 11.9. The topological polar surface area (TPSA) is 38.2 Å². The molecule has 8 heteroatoms. The Morgan fingerprint density at radius 3 is 2.64 bits per heavy atom. The van der Waals surface area contributed by atoms with E-state index in [1.807, 2.05) is 6.07 Å². The largest absolute Gasteiger partial charge is 0.469 e. The number of fused-ring (bicyclic) bond motifs is 3. The van der Waals surface area contributed by atoms with Crippen LogP contribution in [0.15, 0.2) is 18.5 Å². The van der Waals surface area contributed by atoms with Crippen LogP contribution in [0.4, 0.5) is 13.2 Å². The number of hydrogen-bond acceptors (Lipinski definition) is 5. The van der Waals surface area contributed by atoms with Gasteiger partial charge in [0.25, 0.3) is 0 Å². The number of halogens is 3. The minimum absolute atomic E-state index is 0.199. The molecule has 25 heavy (non-hydrogen) atoms. The number of aromatic nitrogens is 2. The van der Waals surface area contributed by atoms with E-state index < -0.39 is 11.2 Å². The molecule has 4 aliphatic heterocycles. The lowest BCUT2D eigenvalue weighted by molar-refractivity contribution is -0.137. The van der Waals surface area contributed by atoms with Crippen LogP contribution < -0.4 is 4.74 Å². The molecule has 2 bridgehead atoms. The number of thiazole rings is 1. The number of rotatable bonds is 1. The third-order valence-electron chi connectivity index (χ3n) is 5.57. The van der Waals surface area contributed by atoms with Crippen molar-refractivity contribution in [3.63, 3.8) is 0 Å². The zero-order valence-corrected chi connectivity index (χ0v) is 14.2. The molecule has 4 aliphatic rings. The quantitative estimate of drug-likeness (QED) is 0.772. The van der Waals surface area contributed by atoms with E-state index in [0.717, 1.165) is 44.5 Å². The van der Waals surface area contributed by atoms with Crippen LogP contribution in [0.25, 0.3) is 10.4 Å². The highest BCUT2D eigenvalue weighted by atomic mass is 32.1. The summed E-state index contributed by atoms with van der Waals surface area (Å²) in [7, 11) is 0. The minimum Gasteiger partial charge on any atom is -0.469 e. The summed E-state index contributed by atoms with van der Waals surface area (Å²) >= 11 is 0.652. The van der Waals surface area contributed by atoms with E-state index in [1.54, 1.807) is 6.20 Å². The molecule has 1 atom stereocenters. The van der Waals surface area contributed by atoms with Crippen molar-refractivity contribution in [1.82, 2.24) is 14.9 Å². The fourth-order valence-electron chi connectivity index (χ4n) is 4.38. The van der Waals surface area contributed by atoms with Gasteiger partial charge in [-0.3, -0.25) is 4.90 Å². The van der Waals surface area contributed by atoms with Gasteiger partial charge in [0, 0.05) is 42.4 Å². The molecule has 0 saturated carbocycles. The maximum Gasteiger partial charge on any atom is 0.443 e. The Hall–Kier alpha value is -1.67. The van der Waals surface area contributed by atoms with Gasteiger partial charge in [-0.1, -0.05) is 0 Å². The van der Waals surface area contributed by atoms with Crippen molar-refractivity contribution in [3.05, 3.63) is 29.0 Å². The SMILES string of the molecule is FC(F)(F)c1ncc(-c2cnc3c(c2)C[C@@]2(CN4CCC2CC4)O3)s1. The van der Waals surface area contributed by atoms with Gasteiger partial charge in [-0.2, -0.15) is 13.2 Å². The fraction of sp³-hybridized carbons (Fsp3) is 0.529. The predicted molar refractivity (Wildman–Crippen MR) is 86.6 cm³/mol. The molecule has 0 aromatic carbocycles. The van der Waals surface area contributed by atoms with Gasteiger partial charge in [-0.15, -0.1) is 11.3 Å². The third kappa shape index (κ3) is 2.45. The molecular formula is C17H16F3N3OS. The van der Waals surface area contributed by atoms with Crippen molar-refractivity contribution >= 4 is 11.3 Å². The Morgan fingerprint density at radius 2 is 2.00 bits per heavy atom. The Balaban J connectivity index is 1.45. The molecule has 4 nitrogen and oxygen atoms in total. The second kappa shape index (κ2) is 5.17. The molecule has 1 spiro atoms. The summed E-state index contributed by atoms with van der Waals surface area (Å²) in [5, 5.41) is -0.826. The van der Waals surface area contributed by atoms with Gasteiger partial charge >= 0.3 is 6.18 Å². The normalized spacial score (nSPS) is 30.5. The summed E-state index contributed by atoms with van der Waals surface area (Å²) in [6.45, 7) is 3.18. The number of pyridine rings is 1. The van der Waals surface area contributed by atoms with Gasteiger partial charge in [0.05, 0.1) is 4.88 Å². The first kappa shape index (κ1) is 15.6. The highest BCUT2D eigenvalue weighted by molar-refractivity contribution is 7.15. The molecule has 6 rings (SSSR count). The molecule has 3 saturated heterocycles. The van der Waals surface area contributed by atoms with Crippen LogP contribution >= 0.6 is 11.3 Å². The lowest BCUT2D eigenvalue weighted by Crippen LogP contribution is -2.61. The smallest absolute Gasteiger partial charge is 0.443 e. The molecule has 2 aromatic rings. The van der Waals surface area contributed by atoms with Crippen LogP contribution in [0, 0.1) is 5.92 Å². The van der Waals surface area contributed by atoms with Crippen molar-refractivity contribution in [3.8, 4) is 16.3 Å². The van der Waals surface area contributed by atoms with E-state index in [9.17, 15) is 13.2 Å². The molecule has 3 fully saturated rings. The van der Waals surface area contributed by atoms with E-state index in [-0.39, 0.29) is 5.60 Å². The minimum atomic E-state index is -4.41. The molecule has 0 amide bonds. The van der Waals surface area contributed by atoms with E-state index in [0.29, 0.717) is 33.6 Å². The number of ether oxygens (including phenoxy) is 1. The van der Waals surface area contributed by atoms with Crippen molar-refractivity contribution in [2.75, 3.05) is 19.6 Å². The summed E-state index contributed by atoms with van der Waals surface area (Å²) in [6.07, 6.45) is 1.53. The van der Waals surface area contributed by atoms with Crippen molar-refractivity contribution in [2.24, 2.45) is 5.92 Å². The lowest BCUT2D eigenvalue weighted by atomic mass is 9.73. The van der Waals surface area contributed by atoms with E-state index in [2.05, 4.69) is 14.9 Å². The highest BCUT2D eigenvalue weighted by Crippen LogP contribution is 2.47. The Labute approximate surface area is 146 Å². The maximum absolute atomic E-state index is 12.8. The predicted octanol–water partition coefficient (Wildman–Crippen LogP) is 3.62. The summed E-state index contributed by atoms with van der Waals surface area (Å²) < 4.78 is 44.6. The molecule has 0 radical (unpaired) electrons. The average Bonchev–Trinajstić information content (AvgIpc) is 3.19. The zero-order chi connectivity index (χ0) is 17.2. The molecule has 132 valence electrons. The summed E-state index contributed by atoms with van der Waals surface area (Å²) in [5.41, 5.74) is 1.47. The second-order valence-electron chi connectivity index (χ2n) is 7.11. The average molecular weight is 367 g/mol. The molecular weight excluding hydrogens is 351 g/mol. The number of hydrogen-bond donors (Lipinski definition) is 0. The van der Waals surface area contributed by atoms with Gasteiger partial charge in [0.15, 0.2) is 5.01 Å². The van der Waals surface area contributed by atoms with Crippen LogP contribution in [-0.4, -0.2) is 40.1 Å². The van der Waals surface area contributed by atoms with Crippen LogP contribution in [0.1, 0.15) is 23.4 Å². The van der Waals surface area contributed by atoms with Gasteiger partial charge in [0.1, 0.15) is 5.60 Å². The summed E-state index contributed by atoms with van der Waals surface area (Å²) in [6, 6.07) is 1.92. The molecule has 0 N–H and O–H groups in total. The first-order valence-corrected chi connectivity index (χ1v) is 9.18. The van der Waals surface area contributed by atoms with E-state index in [4.69, 9.17) is 4.74 Å². The van der Waals surface area contributed by atoms with Crippen LogP contribution in [0.5, 0.6) is 5.88 Å². The van der Waals surface area contributed by atoms with Crippen LogP contribution in [0.3, 0.4) is 0 Å². The number of alkyl halides is 3. The van der Waals surface area contributed by atoms with Gasteiger partial charge in [-0.05, 0) is 32.0 Å². The van der Waals surface area contributed by atoms with Crippen LogP contribution in [0.2, 0.25) is 0 Å². The second-order valence-corrected chi connectivity index (χ2v) is 8.14. The standard InChI is InChI=1S/C17H16F3N3OS/c18-17(19,20)15-22-8-13(25-15)11-5-10-6-16(24-14(10)21-7-11)9-23-3-1-12(16)2-4-23/h5,7-8,12H,1-4,6,9H2/t16-/m0/s1. The fourth-order valence-corrected chi connectivity index (χ4v) is 5.15. The lowest BCUT2D eigenvalue weighted by Gasteiger charge is -2.50. The van der Waals surface area contributed by atoms with Crippen LogP contribution in [-0.2, 0) is 12.6 Å². The number of piperidine rings is 3. The van der Waals surface area contributed by atoms with Crippen molar-refractivity contribution in [2.45, 2.75) is 31.0 Å². The van der Waals surface area contributed by atoms with E-state index in [1.165, 1.54) is 6.20 Å². The zero-order valence-electron chi connectivity index (χ0n) is 13.3. The Kier molecular flexibility index (Phi) is 3.22. The van der Waals surface area contributed by atoms with Crippen molar-refractivity contribution < 1.29 is 17.9 Å². The molecule has 2 aromatic heterocycles. The molecule has 0 aliphatic carbocycles. The maximum atomic E-state index is 12.8.